The molecule has 29 heavy (non-hydrogen) atoms. The molecule has 2 aromatic carbocycles. The van der Waals surface area contributed by atoms with Crippen LogP contribution in [0.15, 0.2) is 47.4 Å². The molecule has 0 heterocycles. The molecular formula is C21H23ClN2O4S. The van der Waals surface area contributed by atoms with Gasteiger partial charge in [-0.1, -0.05) is 36.9 Å². The number of amides is 2. The monoisotopic (exact) mass is 434 g/mol. The Morgan fingerprint density at radius 3 is 2.41 bits per heavy atom. The quantitative estimate of drug-likeness (QED) is 0.742. The fourth-order valence-electron chi connectivity index (χ4n) is 3.36. The second-order valence-electron chi connectivity index (χ2n) is 7.26. The molecule has 2 amide bonds. The van der Waals surface area contributed by atoms with Crippen molar-refractivity contribution in [3.05, 3.63) is 58.6 Å². The molecule has 0 spiro atoms. The van der Waals surface area contributed by atoms with E-state index in [1.54, 1.807) is 12.1 Å². The molecule has 0 bridgehead atoms. The number of benzene rings is 2. The summed E-state index contributed by atoms with van der Waals surface area (Å²) in [6, 6.07) is 10.6. The third kappa shape index (κ3) is 5.58. The smallest absolute Gasteiger partial charge is 0.255 e. The minimum atomic E-state index is -3.42. The highest BCUT2D eigenvalue weighted by Gasteiger charge is 2.19. The van der Waals surface area contributed by atoms with Crippen LogP contribution in [0.1, 0.15) is 52.8 Å². The Kier molecular flexibility index (Phi) is 6.59. The van der Waals surface area contributed by atoms with E-state index in [-0.39, 0.29) is 22.4 Å². The molecule has 8 heteroatoms. The minimum absolute atomic E-state index is 0.0637. The predicted octanol–water partition coefficient (Wildman–Crippen LogP) is 4.06. The van der Waals surface area contributed by atoms with Crippen LogP contribution < -0.4 is 10.6 Å². The second-order valence-corrected chi connectivity index (χ2v) is 9.68. The lowest BCUT2D eigenvalue weighted by Crippen LogP contribution is -2.36. The van der Waals surface area contributed by atoms with E-state index in [1.165, 1.54) is 36.8 Å². The number of halogens is 1. The van der Waals surface area contributed by atoms with Gasteiger partial charge in [-0.25, -0.2) is 8.42 Å². The van der Waals surface area contributed by atoms with Crippen molar-refractivity contribution in [2.75, 3.05) is 11.6 Å². The number of hydrogen-bond acceptors (Lipinski definition) is 4. The Balaban J connectivity index is 1.75. The van der Waals surface area contributed by atoms with E-state index >= 15 is 0 Å². The molecule has 1 aliphatic rings. The van der Waals surface area contributed by atoms with Gasteiger partial charge in [0.25, 0.3) is 11.8 Å². The average molecular weight is 435 g/mol. The topological polar surface area (TPSA) is 92.3 Å². The predicted molar refractivity (Wildman–Crippen MR) is 113 cm³/mol. The summed E-state index contributed by atoms with van der Waals surface area (Å²) in [6.07, 6.45) is 6.38. The summed E-state index contributed by atoms with van der Waals surface area (Å²) in [5, 5.41) is 6.00. The molecular weight excluding hydrogens is 412 g/mol. The van der Waals surface area contributed by atoms with Crippen LogP contribution in [0.25, 0.3) is 0 Å². The van der Waals surface area contributed by atoms with Gasteiger partial charge in [0.15, 0.2) is 9.84 Å². The fourth-order valence-corrected chi connectivity index (χ4v) is 4.23. The van der Waals surface area contributed by atoms with Crippen LogP contribution in [-0.2, 0) is 9.84 Å². The van der Waals surface area contributed by atoms with Crippen molar-refractivity contribution in [3.8, 4) is 0 Å². The number of carbonyl (C=O) groups excluding carboxylic acids is 2. The van der Waals surface area contributed by atoms with Crippen LogP contribution in [0.4, 0.5) is 5.69 Å². The van der Waals surface area contributed by atoms with Crippen molar-refractivity contribution in [3.63, 3.8) is 0 Å². The van der Waals surface area contributed by atoms with Crippen molar-refractivity contribution in [2.45, 2.75) is 43.0 Å². The van der Waals surface area contributed by atoms with E-state index in [0.29, 0.717) is 16.3 Å². The highest BCUT2D eigenvalue weighted by atomic mass is 35.5. The highest BCUT2D eigenvalue weighted by Crippen LogP contribution is 2.23. The van der Waals surface area contributed by atoms with Crippen molar-refractivity contribution in [2.24, 2.45) is 0 Å². The highest BCUT2D eigenvalue weighted by molar-refractivity contribution is 7.90. The van der Waals surface area contributed by atoms with Gasteiger partial charge in [0, 0.05) is 23.5 Å². The molecule has 0 radical (unpaired) electrons. The summed E-state index contributed by atoms with van der Waals surface area (Å²) in [4.78, 5) is 25.2. The zero-order valence-electron chi connectivity index (χ0n) is 16.1. The van der Waals surface area contributed by atoms with E-state index in [2.05, 4.69) is 10.6 Å². The summed E-state index contributed by atoms with van der Waals surface area (Å²) in [6.45, 7) is 0. The Morgan fingerprint density at radius 2 is 1.72 bits per heavy atom. The summed E-state index contributed by atoms with van der Waals surface area (Å²) in [5.74, 6) is -0.742. The van der Waals surface area contributed by atoms with Crippen molar-refractivity contribution in [1.29, 1.82) is 0 Å². The van der Waals surface area contributed by atoms with Crippen LogP contribution in [0, 0.1) is 0 Å². The first-order valence-electron chi connectivity index (χ1n) is 9.46. The second kappa shape index (κ2) is 8.97. The third-order valence-electron chi connectivity index (χ3n) is 4.93. The number of anilines is 1. The Labute approximate surface area is 175 Å². The van der Waals surface area contributed by atoms with E-state index in [1.807, 2.05) is 0 Å². The SMILES string of the molecule is CS(=O)(=O)c1cccc(C(=O)Nc2ccc(Cl)c(C(=O)NC3CCCCC3)c2)c1. The van der Waals surface area contributed by atoms with E-state index < -0.39 is 15.7 Å². The van der Waals surface area contributed by atoms with Crippen molar-refractivity contribution >= 4 is 38.9 Å². The largest absolute Gasteiger partial charge is 0.349 e. The van der Waals surface area contributed by atoms with Gasteiger partial charge in [0.2, 0.25) is 0 Å². The van der Waals surface area contributed by atoms with E-state index in [9.17, 15) is 18.0 Å². The van der Waals surface area contributed by atoms with Crippen molar-refractivity contribution in [1.82, 2.24) is 5.32 Å². The average Bonchev–Trinajstić information content (AvgIpc) is 2.69. The molecule has 3 rings (SSSR count). The maximum absolute atomic E-state index is 12.6. The standard InChI is InChI=1S/C21H23ClN2O4S/c1-29(27,28)17-9-5-6-14(12-17)20(25)24-16-10-11-19(22)18(13-16)21(26)23-15-7-3-2-4-8-15/h5-6,9-13,15H,2-4,7-8H2,1H3,(H,23,26)(H,24,25). The molecule has 154 valence electrons. The van der Waals surface area contributed by atoms with Gasteiger partial charge < -0.3 is 10.6 Å². The fraction of sp³-hybridized carbons (Fsp3) is 0.333. The number of nitrogens with one attached hydrogen (secondary N) is 2. The molecule has 1 saturated carbocycles. The maximum atomic E-state index is 12.6. The number of rotatable bonds is 5. The minimum Gasteiger partial charge on any atom is -0.349 e. The van der Waals surface area contributed by atoms with Crippen LogP contribution in [0.3, 0.4) is 0 Å². The molecule has 1 aliphatic carbocycles. The molecule has 2 aromatic rings. The lowest BCUT2D eigenvalue weighted by molar-refractivity contribution is 0.0926. The first kappa shape index (κ1) is 21.3. The Hall–Kier alpha value is -2.38. The van der Waals surface area contributed by atoms with Crippen molar-refractivity contribution < 1.29 is 18.0 Å². The molecule has 2 N–H and O–H groups in total. The van der Waals surface area contributed by atoms with Gasteiger partial charge >= 0.3 is 0 Å². The number of sulfone groups is 1. The molecule has 0 aliphatic heterocycles. The molecule has 0 unspecified atom stereocenters. The lowest BCUT2D eigenvalue weighted by Gasteiger charge is -2.23. The molecule has 1 fully saturated rings. The van der Waals surface area contributed by atoms with Gasteiger partial charge in [-0.15, -0.1) is 0 Å². The van der Waals surface area contributed by atoms with Crippen LogP contribution in [-0.4, -0.2) is 32.5 Å². The van der Waals surface area contributed by atoms with E-state index in [4.69, 9.17) is 11.6 Å². The van der Waals surface area contributed by atoms with Gasteiger partial charge in [0.1, 0.15) is 0 Å². The molecule has 6 nitrogen and oxygen atoms in total. The summed E-state index contributed by atoms with van der Waals surface area (Å²) in [5.41, 5.74) is 0.897. The normalized spacial score (nSPS) is 15.0. The van der Waals surface area contributed by atoms with Gasteiger partial charge in [-0.3, -0.25) is 9.59 Å². The van der Waals surface area contributed by atoms with Gasteiger partial charge in [0.05, 0.1) is 15.5 Å². The lowest BCUT2D eigenvalue weighted by atomic mass is 9.95. The van der Waals surface area contributed by atoms with Gasteiger partial charge in [-0.2, -0.15) is 0 Å². The third-order valence-corrected chi connectivity index (χ3v) is 6.37. The summed E-state index contributed by atoms with van der Waals surface area (Å²) in [7, 11) is -3.42. The van der Waals surface area contributed by atoms with E-state index in [0.717, 1.165) is 31.9 Å². The first-order chi connectivity index (χ1) is 13.7. The van der Waals surface area contributed by atoms with Crippen LogP contribution in [0.5, 0.6) is 0 Å². The maximum Gasteiger partial charge on any atom is 0.255 e. The Morgan fingerprint density at radius 1 is 1.00 bits per heavy atom. The molecule has 0 atom stereocenters. The zero-order chi connectivity index (χ0) is 21.0. The zero-order valence-corrected chi connectivity index (χ0v) is 17.6. The van der Waals surface area contributed by atoms with Gasteiger partial charge in [-0.05, 0) is 49.2 Å². The summed E-state index contributed by atoms with van der Waals surface area (Å²) >= 11 is 6.19. The summed E-state index contributed by atoms with van der Waals surface area (Å²) < 4.78 is 23.4. The molecule has 0 saturated heterocycles. The number of hydrogen-bond donors (Lipinski definition) is 2. The number of carbonyl (C=O) groups is 2. The first-order valence-corrected chi connectivity index (χ1v) is 11.7. The van der Waals surface area contributed by atoms with Crippen LogP contribution >= 0.6 is 11.6 Å². The van der Waals surface area contributed by atoms with Crippen LogP contribution in [0.2, 0.25) is 5.02 Å². The Bertz CT molecular complexity index is 1030. The molecule has 0 aromatic heterocycles.